The normalized spacial score (nSPS) is 22.4. The van der Waals surface area contributed by atoms with Crippen LogP contribution >= 0.6 is 0 Å². The average molecular weight is 404 g/mol. The third-order valence-corrected chi connectivity index (χ3v) is 6.84. The third kappa shape index (κ3) is 3.86. The van der Waals surface area contributed by atoms with E-state index in [-0.39, 0.29) is 0 Å². The zero-order valence-corrected chi connectivity index (χ0v) is 18.1. The lowest BCUT2D eigenvalue weighted by Crippen LogP contribution is -2.43. The van der Waals surface area contributed by atoms with Gasteiger partial charge in [-0.1, -0.05) is 30.7 Å². The molecule has 0 unspecified atom stereocenters. The molecule has 4 heteroatoms. The van der Waals surface area contributed by atoms with Crippen molar-refractivity contribution in [2.75, 3.05) is 39.3 Å². The van der Waals surface area contributed by atoms with Crippen LogP contribution in [0.3, 0.4) is 0 Å². The van der Waals surface area contributed by atoms with Crippen LogP contribution in [0.2, 0.25) is 0 Å². The molecule has 0 amide bonds. The van der Waals surface area contributed by atoms with Gasteiger partial charge in [0.1, 0.15) is 12.4 Å². The molecule has 6 rings (SSSR count). The Morgan fingerprint density at radius 1 is 1.07 bits per heavy atom. The van der Waals surface area contributed by atoms with E-state index in [0.717, 1.165) is 44.3 Å². The fourth-order valence-electron chi connectivity index (χ4n) is 5.22. The summed E-state index contributed by atoms with van der Waals surface area (Å²) in [5.74, 6) is 1.76. The second kappa shape index (κ2) is 8.83. The second-order valence-electron chi connectivity index (χ2n) is 8.70. The van der Waals surface area contributed by atoms with E-state index in [1.54, 1.807) is 5.57 Å². The quantitative estimate of drug-likeness (QED) is 0.432. The molecule has 3 saturated heterocycles. The number of rotatable bonds is 8. The fourth-order valence-corrected chi connectivity index (χ4v) is 5.22. The molecule has 2 bridgehead atoms. The Morgan fingerprint density at radius 3 is 2.70 bits per heavy atom. The van der Waals surface area contributed by atoms with Crippen LogP contribution in [0.5, 0.6) is 5.75 Å². The Kier molecular flexibility index (Phi) is 5.78. The van der Waals surface area contributed by atoms with Gasteiger partial charge in [-0.2, -0.15) is 0 Å². The van der Waals surface area contributed by atoms with E-state index in [2.05, 4.69) is 70.2 Å². The van der Waals surface area contributed by atoms with Gasteiger partial charge in [-0.05, 0) is 75.6 Å². The highest BCUT2D eigenvalue weighted by molar-refractivity contribution is 6.08. The van der Waals surface area contributed by atoms with Crippen molar-refractivity contribution in [3.63, 3.8) is 0 Å². The number of nitrogens with zero attached hydrogens (tertiary/aromatic N) is 2. The number of piperidine rings is 3. The van der Waals surface area contributed by atoms with Crippen molar-refractivity contribution in [3.05, 3.63) is 54.1 Å². The molecule has 0 radical (unpaired) electrons. The summed E-state index contributed by atoms with van der Waals surface area (Å²) in [6.45, 7) is 9.62. The van der Waals surface area contributed by atoms with Crippen LogP contribution in [0.4, 0.5) is 0 Å². The van der Waals surface area contributed by atoms with E-state index >= 15 is 0 Å². The zero-order chi connectivity index (χ0) is 20.3. The van der Waals surface area contributed by atoms with Crippen LogP contribution in [0.15, 0.2) is 54.1 Å². The number of para-hydroxylation sites is 1. The SMILES string of the molecule is CCNCCCn1c2ccccc2c2ccc(OC/C=C3/CN4CCC3CC4)cc21. The van der Waals surface area contributed by atoms with Crippen molar-refractivity contribution < 1.29 is 4.74 Å². The summed E-state index contributed by atoms with van der Waals surface area (Å²) in [7, 11) is 0. The fraction of sp³-hybridized carbons (Fsp3) is 0.462. The number of aryl methyl sites for hydroxylation is 1. The molecule has 1 aromatic heterocycles. The Bertz CT molecular complexity index is 1040. The van der Waals surface area contributed by atoms with Crippen LogP contribution in [-0.2, 0) is 6.54 Å². The van der Waals surface area contributed by atoms with E-state index in [0.29, 0.717) is 6.61 Å². The molecule has 0 saturated carbocycles. The summed E-state index contributed by atoms with van der Waals surface area (Å²) in [6.07, 6.45) is 6.11. The highest BCUT2D eigenvalue weighted by atomic mass is 16.5. The Hall–Kier alpha value is -2.30. The molecule has 4 nitrogen and oxygen atoms in total. The van der Waals surface area contributed by atoms with Gasteiger partial charge in [0, 0.05) is 35.4 Å². The summed E-state index contributed by atoms with van der Waals surface area (Å²) in [4.78, 5) is 2.57. The maximum Gasteiger partial charge on any atom is 0.121 e. The van der Waals surface area contributed by atoms with E-state index in [1.807, 2.05) is 0 Å². The minimum absolute atomic E-state index is 0.672. The monoisotopic (exact) mass is 403 g/mol. The molecule has 0 atom stereocenters. The lowest BCUT2D eigenvalue weighted by Gasteiger charge is -2.41. The predicted molar refractivity (Wildman–Crippen MR) is 125 cm³/mol. The van der Waals surface area contributed by atoms with Gasteiger partial charge in [0.15, 0.2) is 0 Å². The molecular weight excluding hydrogens is 370 g/mol. The van der Waals surface area contributed by atoms with Gasteiger partial charge in [-0.25, -0.2) is 0 Å². The summed E-state index contributed by atoms with van der Waals surface area (Å²) >= 11 is 0. The van der Waals surface area contributed by atoms with Gasteiger partial charge in [-0.3, -0.25) is 4.90 Å². The Morgan fingerprint density at radius 2 is 1.90 bits per heavy atom. The first-order valence-corrected chi connectivity index (χ1v) is 11.6. The van der Waals surface area contributed by atoms with Gasteiger partial charge < -0.3 is 14.6 Å². The predicted octanol–water partition coefficient (Wildman–Crippen LogP) is 4.82. The van der Waals surface area contributed by atoms with E-state index in [9.17, 15) is 0 Å². The number of aromatic nitrogens is 1. The van der Waals surface area contributed by atoms with Crippen LogP contribution < -0.4 is 10.1 Å². The molecule has 2 aromatic carbocycles. The van der Waals surface area contributed by atoms with Crippen LogP contribution in [-0.4, -0.2) is 48.8 Å². The lowest BCUT2D eigenvalue weighted by atomic mass is 9.84. The first-order valence-electron chi connectivity index (χ1n) is 11.6. The van der Waals surface area contributed by atoms with E-state index < -0.39 is 0 Å². The number of benzene rings is 2. The molecule has 0 spiro atoms. The standard InChI is InChI=1S/C26H33N3O/c1-2-27-13-5-14-29-25-7-4-3-6-23(25)24-9-8-22(18-26(24)29)30-17-12-21-19-28-15-10-20(21)11-16-28/h3-4,6-9,12,18,20,27H,2,5,10-11,13-17,19H2,1H3/b21-12-. The summed E-state index contributed by atoms with van der Waals surface area (Å²) in [5, 5.41) is 6.09. The number of fused-ring (bicyclic) bond motifs is 6. The molecule has 158 valence electrons. The van der Waals surface area contributed by atoms with Crippen molar-refractivity contribution in [2.45, 2.75) is 32.7 Å². The molecule has 0 aliphatic carbocycles. The van der Waals surface area contributed by atoms with E-state index in [4.69, 9.17) is 4.74 Å². The number of hydrogen-bond acceptors (Lipinski definition) is 3. The number of hydrogen-bond donors (Lipinski definition) is 1. The lowest BCUT2D eigenvalue weighted by molar-refractivity contribution is 0.160. The van der Waals surface area contributed by atoms with Crippen molar-refractivity contribution in [1.82, 2.24) is 14.8 Å². The van der Waals surface area contributed by atoms with E-state index in [1.165, 1.54) is 47.7 Å². The first-order chi connectivity index (χ1) is 14.8. The van der Waals surface area contributed by atoms with Gasteiger partial charge in [0.25, 0.3) is 0 Å². The van der Waals surface area contributed by atoms with Crippen LogP contribution in [0.1, 0.15) is 26.2 Å². The van der Waals surface area contributed by atoms with Crippen LogP contribution in [0, 0.1) is 5.92 Å². The summed E-state index contributed by atoms with van der Waals surface area (Å²) in [5.41, 5.74) is 4.18. The summed E-state index contributed by atoms with van der Waals surface area (Å²) in [6, 6.07) is 15.3. The molecule has 3 fully saturated rings. The molecule has 3 aliphatic rings. The molecule has 30 heavy (non-hydrogen) atoms. The minimum atomic E-state index is 0.672. The molecule has 3 aromatic rings. The molecule has 3 aliphatic heterocycles. The zero-order valence-electron chi connectivity index (χ0n) is 18.1. The molecule has 4 heterocycles. The van der Waals surface area contributed by atoms with Gasteiger partial charge in [0.2, 0.25) is 0 Å². The third-order valence-electron chi connectivity index (χ3n) is 6.84. The number of ether oxygens (including phenoxy) is 1. The maximum absolute atomic E-state index is 6.20. The molecular formula is C26H33N3O. The first kappa shape index (κ1) is 19.7. The number of nitrogens with one attached hydrogen (secondary N) is 1. The smallest absolute Gasteiger partial charge is 0.121 e. The van der Waals surface area contributed by atoms with Crippen LogP contribution in [0.25, 0.3) is 21.8 Å². The Balaban J connectivity index is 1.37. The van der Waals surface area contributed by atoms with Crippen molar-refractivity contribution in [1.29, 1.82) is 0 Å². The van der Waals surface area contributed by atoms with Crippen molar-refractivity contribution in [3.8, 4) is 5.75 Å². The topological polar surface area (TPSA) is 29.4 Å². The maximum atomic E-state index is 6.20. The largest absolute Gasteiger partial charge is 0.489 e. The highest BCUT2D eigenvalue weighted by Crippen LogP contribution is 2.33. The highest BCUT2D eigenvalue weighted by Gasteiger charge is 2.28. The molecule has 1 N–H and O–H groups in total. The minimum Gasteiger partial charge on any atom is -0.489 e. The van der Waals surface area contributed by atoms with Gasteiger partial charge >= 0.3 is 0 Å². The van der Waals surface area contributed by atoms with Crippen molar-refractivity contribution >= 4 is 21.8 Å². The second-order valence-corrected chi connectivity index (χ2v) is 8.70. The summed E-state index contributed by atoms with van der Waals surface area (Å²) < 4.78 is 8.66. The average Bonchev–Trinajstić information content (AvgIpc) is 3.11. The van der Waals surface area contributed by atoms with Crippen molar-refractivity contribution in [2.24, 2.45) is 5.92 Å². The van der Waals surface area contributed by atoms with Gasteiger partial charge in [-0.15, -0.1) is 0 Å². The van der Waals surface area contributed by atoms with Gasteiger partial charge in [0.05, 0.1) is 5.52 Å². The Labute approximate surface area is 179 Å².